The number of amides is 1. The summed E-state index contributed by atoms with van der Waals surface area (Å²) in [5, 5.41) is 2.79. The number of esters is 1. The lowest BCUT2D eigenvalue weighted by molar-refractivity contribution is -0.143. The Morgan fingerprint density at radius 2 is 2.25 bits per heavy atom. The molecule has 1 aliphatic heterocycles. The molecule has 1 heterocycles. The second-order valence-electron chi connectivity index (χ2n) is 3.83. The van der Waals surface area contributed by atoms with Crippen molar-refractivity contribution in [3.63, 3.8) is 0 Å². The number of para-hydroxylation sites is 1. The number of hydrogen-bond acceptors (Lipinski definition) is 3. The molecule has 1 aromatic rings. The summed E-state index contributed by atoms with van der Waals surface area (Å²) >= 11 is 0. The minimum atomic E-state index is -0.348. The first kappa shape index (κ1) is 10.7. The van der Waals surface area contributed by atoms with Crippen molar-refractivity contribution < 1.29 is 14.3 Å². The zero-order chi connectivity index (χ0) is 11.5. The fourth-order valence-electron chi connectivity index (χ4n) is 1.86. The summed E-state index contributed by atoms with van der Waals surface area (Å²) in [5.41, 5.74) is 1.91. The Balaban J connectivity index is 2.15. The van der Waals surface area contributed by atoms with E-state index in [0.29, 0.717) is 6.42 Å². The van der Waals surface area contributed by atoms with Crippen molar-refractivity contribution >= 4 is 17.6 Å². The van der Waals surface area contributed by atoms with Crippen molar-refractivity contribution in [1.82, 2.24) is 0 Å². The molecule has 0 bridgehead atoms. The average molecular weight is 219 g/mol. The van der Waals surface area contributed by atoms with Gasteiger partial charge in [0.15, 0.2) is 0 Å². The second-order valence-corrected chi connectivity index (χ2v) is 3.83. The van der Waals surface area contributed by atoms with Crippen LogP contribution < -0.4 is 5.32 Å². The molecule has 0 aliphatic carbocycles. The highest BCUT2D eigenvalue weighted by Crippen LogP contribution is 2.26. The second kappa shape index (κ2) is 4.35. The molecular weight excluding hydrogens is 206 g/mol. The molecule has 0 unspecified atom stereocenters. The van der Waals surface area contributed by atoms with Gasteiger partial charge in [0, 0.05) is 5.69 Å². The van der Waals surface area contributed by atoms with Crippen LogP contribution in [-0.2, 0) is 20.7 Å². The number of anilines is 1. The fraction of sp³-hybridized carbons (Fsp3) is 0.333. The van der Waals surface area contributed by atoms with Crippen LogP contribution in [0.3, 0.4) is 0 Å². The van der Waals surface area contributed by atoms with Crippen molar-refractivity contribution in [3.05, 3.63) is 29.8 Å². The maximum Gasteiger partial charge on any atom is 0.306 e. The predicted octanol–water partition coefficient (Wildman–Crippen LogP) is 1.36. The quantitative estimate of drug-likeness (QED) is 0.764. The minimum Gasteiger partial charge on any atom is -0.469 e. The van der Waals surface area contributed by atoms with E-state index in [-0.39, 0.29) is 24.2 Å². The van der Waals surface area contributed by atoms with Crippen molar-refractivity contribution in [3.8, 4) is 0 Å². The Morgan fingerprint density at radius 3 is 3.00 bits per heavy atom. The lowest BCUT2D eigenvalue weighted by atomic mass is 9.91. The van der Waals surface area contributed by atoms with E-state index in [1.54, 1.807) is 0 Å². The number of hydrogen-bond donors (Lipinski definition) is 1. The molecular formula is C12H13NO3. The summed E-state index contributed by atoms with van der Waals surface area (Å²) in [4.78, 5) is 22.8. The zero-order valence-electron chi connectivity index (χ0n) is 9.03. The van der Waals surface area contributed by atoms with E-state index < -0.39 is 0 Å². The van der Waals surface area contributed by atoms with E-state index in [2.05, 4.69) is 10.1 Å². The van der Waals surface area contributed by atoms with E-state index in [4.69, 9.17) is 0 Å². The van der Waals surface area contributed by atoms with E-state index in [0.717, 1.165) is 11.3 Å². The molecule has 1 atom stereocenters. The van der Waals surface area contributed by atoms with Gasteiger partial charge in [-0.25, -0.2) is 0 Å². The van der Waals surface area contributed by atoms with Crippen molar-refractivity contribution in [2.24, 2.45) is 5.92 Å². The number of carbonyl (C=O) groups excluding carboxylic acids is 2. The van der Waals surface area contributed by atoms with Crippen LogP contribution in [0.2, 0.25) is 0 Å². The number of nitrogens with one attached hydrogen (secondary N) is 1. The maximum atomic E-state index is 11.7. The van der Waals surface area contributed by atoms with Gasteiger partial charge in [-0.1, -0.05) is 18.2 Å². The SMILES string of the molecule is COC(=O)C[C@@H]1Cc2ccccc2NC1=O. The molecule has 0 fully saturated rings. The first-order valence-corrected chi connectivity index (χ1v) is 5.16. The van der Waals surface area contributed by atoms with E-state index in [1.807, 2.05) is 24.3 Å². The third-order valence-corrected chi connectivity index (χ3v) is 2.75. The van der Waals surface area contributed by atoms with E-state index in [9.17, 15) is 9.59 Å². The van der Waals surface area contributed by atoms with Crippen LogP contribution in [0.25, 0.3) is 0 Å². The lowest BCUT2D eigenvalue weighted by Crippen LogP contribution is -2.31. The van der Waals surface area contributed by atoms with Crippen molar-refractivity contribution in [2.75, 3.05) is 12.4 Å². The van der Waals surface area contributed by atoms with Crippen molar-refractivity contribution in [2.45, 2.75) is 12.8 Å². The fourth-order valence-corrected chi connectivity index (χ4v) is 1.86. The first-order chi connectivity index (χ1) is 7.70. The average Bonchev–Trinajstić information content (AvgIpc) is 2.30. The topological polar surface area (TPSA) is 55.4 Å². The third kappa shape index (κ3) is 2.05. The van der Waals surface area contributed by atoms with Gasteiger partial charge in [0.25, 0.3) is 0 Å². The van der Waals surface area contributed by atoms with Gasteiger partial charge in [0.05, 0.1) is 19.4 Å². The zero-order valence-corrected chi connectivity index (χ0v) is 9.03. The monoisotopic (exact) mass is 219 g/mol. The van der Waals surface area contributed by atoms with Crippen LogP contribution in [0.15, 0.2) is 24.3 Å². The number of fused-ring (bicyclic) bond motifs is 1. The molecule has 0 spiro atoms. The highest BCUT2D eigenvalue weighted by Gasteiger charge is 2.27. The van der Waals surface area contributed by atoms with Gasteiger partial charge in [-0.05, 0) is 18.1 Å². The molecule has 0 radical (unpaired) electrons. The van der Waals surface area contributed by atoms with Crippen molar-refractivity contribution in [1.29, 1.82) is 0 Å². The largest absolute Gasteiger partial charge is 0.469 e. The minimum absolute atomic E-state index is 0.107. The molecule has 84 valence electrons. The third-order valence-electron chi connectivity index (χ3n) is 2.75. The number of rotatable bonds is 2. The Hall–Kier alpha value is -1.84. The summed E-state index contributed by atoms with van der Waals surface area (Å²) in [6.45, 7) is 0. The molecule has 1 N–H and O–H groups in total. The number of ether oxygens (including phenoxy) is 1. The molecule has 1 aromatic carbocycles. The van der Waals surface area contributed by atoms with Crippen LogP contribution in [0, 0.1) is 5.92 Å². The highest BCUT2D eigenvalue weighted by molar-refractivity contribution is 5.97. The number of benzene rings is 1. The van der Waals surface area contributed by atoms with Gasteiger partial charge in [-0.15, -0.1) is 0 Å². The van der Waals surface area contributed by atoms with Gasteiger partial charge >= 0.3 is 5.97 Å². The molecule has 0 aromatic heterocycles. The van der Waals surface area contributed by atoms with E-state index >= 15 is 0 Å². The lowest BCUT2D eigenvalue weighted by Gasteiger charge is -2.23. The summed E-state index contributed by atoms with van der Waals surface area (Å²) in [6.07, 6.45) is 0.730. The van der Waals surface area contributed by atoms with E-state index in [1.165, 1.54) is 7.11 Å². The van der Waals surface area contributed by atoms with Crippen LogP contribution in [-0.4, -0.2) is 19.0 Å². The Bertz CT molecular complexity index is 428. The van der Waals surface area contributed by atoms with Gasteiger partial charge in [-0.3, -0.25) is 9.59 Å². The molecule has 4 nitrogen and oxygen atoms in total. The van der Waals surface area contributed by atoms with Crippen LogP contribution in [0.1, 0.15) is 12.0 Å². The summed E-state index contributed by atoms with van der Waals surface area (Å²) < 4.78 is 4.57. The number of methoxy groups -OCH3 is 1. The molecule has 0 saturated heterocycles. The maximum absolute atomic E-state index is 11.7. The summed E-state index contributed by atoms with van der Waals surface area (Å²) in [7, 11) is 1.33. The first-order valence-electron chi connectivity index (χ1n) is 5.16. The highest BCUT2D eigenvalue weighted by atomic mass is 16.5. The molecule has 2 rings (SSSR count). The summed E-state index contributed by atoms with van der Waals surface area (Å²) in [6, 6.07) is 7.62. The standard InChI is InChI=1S/C12H13NO3/c1-16-11(14)7-9-6-8-4-2-3-5-10(8)13-12(9)15/h2-5,9H,6-7H2,1H3,(H,13,15)/t9-/m0/s1. The van der Waals surface area contributed by atoms with Gasteiger partial charge < -0.3 is 10.1 Å². The predicted molar refractivity (Wildman–Crippen MR) is 58.9 cm³/mol. The van der Waals surface area contributed by atoms with Crippen LogP contribution >= 0.6 is 0 Å². The number of carbonyl (C=O) groups is 2. The molecule has 1 amide bonds. The molecule has 16 heavy (non-hydrogen) atoms. The Morgan fingerprint density at radius 1 is 1.50 bits per heavy atom. The smallest absolute Gasteiger partial charge is 0.306 e. The summed E-state index contributed by atoms with van der Waals surface area (Å²) in [5.74, 6) is -0.772. The van der Waals surface area contributed by atoms with Crippen LogP contribution in [0.5, 0.6) is 0 Å². The van der Waals surface area contributed by atoms with Crippen LogP contribution in [0.4, 0.5) is 5.69 Å². The Kier molecular flexibility index (Phi) is 2.90. The van der Waals surface area contributed by atoms with Gasteiger partial charge in [-0.2, -0.15) is 0 Å². The molecule has 4 heteroatoms. The Labute approximate surface area is 93.6 Å². The normalized spacial score (nSPS) is 18.6. The molecule has 1 aliphatic rings. The molecule has 0 saturated carbocycles. The van der Waals surface area contributed by atoms with Gasteiger partial charge in [0.1, 0.15) is 0 Å². The van der Waals surface area contributed by atoms with Gasteiger partial charge in [0.2, 0.25) is 5.91 Å².